The third-order valence-electron chi connectivity index (χ3n) is 2.15. The van der Waals surface area contributed by atoms with Gasteiger partial charge in [0.15, 0.2) is 0 Å². The molecule has 1 aromatic heterocycles. The van der Waals surface area contributed by atoms with Crippen molar-refractivity contribution in [1.29, 1.82) is 0 Å². The van der Waals surface area contributed by atoms with Crippen LogP contribution < -0.4 is 11.1 Å². The number of hydrogen-bond donors (Lipinski definition) is 2. The number of nitrogens with two attached hydrogens (primary N) is 1. The Balaban J connectivity index is 2.19. The van der Waals surface area contributed by atoms with E-state index in [0.717, 1.165) is 12.1 Å². The molecule has 0 saturated heterocycles. The molecule has 0 aliphatic carbocycles. The Hall–Kier alpha value is -2.50. The van der Waals surface area contributed by atoms with Crippen molar-refractivity contribution in [1.82, 2.24) is 4.98 Å². The van der Waals surface area contributed by atoms with Crippen LogP contribution in [0.3, 0.4) is 0 Å². The molecule has 3 N–H and O–H groups in total. The molecule has 6 heteroatoms. The summed E-state index contributed by atoms with van der Waals surface area (Å²) in [5, 5.41) is 2.40. The number of nitrogen functional groups attached to an aromatic ring is 1. The minimum atomic E-state index is -0.814. The molecule has 1 amide bonds. The van der Waals surface area contributed by atoms with Crippen LogP contribution in [0.4, 0.5) is 20.3 Å². The topological polar surface area (TPSA) is 68.0 Å². The van der Waals surface area contributed by atoms with E-state index in [1.165, 1.54) is 12.3 Å². The highest BCUT2D eigenvalue weighted by Crippen LogP contribution is 2.11. The van der Waals surface area contributed by atoms with Gasteiger partial charge in [0, 0.05) is 11.6 Å². The molecule has 1 heterocycles. The fourth-order valence-electron chi connectivity index (χ4n) is 1.35. The number of anilines is 2. The second-order valence-electron chi connectivity index (χ2n) is 3.59. The molecule has 0 radical (unpaired) electrons. The van der Waals surface area contributed by atoms with E-state index in [2.05, 4.69) is 10.3 Å². The number of aromatic nitrogens is 1. The number of benzene rings is 1. The Bertz CT molecular complexity index is 564. The van der Waals surface area contributed by atoms with Gasteiger partial charge in [-0.25, -0.2) is 13.8 Å². The maximum Gasteiger partial charge on any atom is 0.257 e. The molecule has 0 bridgehead atoms. The third kappa shape index (κ3) is 2.79. The quantitative estimate of drug-likeness (QED) is 0.857. The summed E-state index contributed by atoms with van der Waals surface area (Å²) in [6.45, 7) is 0. The minimum Gasteiger partial charge on any atom is -0.397 e. The molecule has 0 unspecified atom stereocenters. The molecule has 0 fully saturated rings. The van der Waals surface area contributed by atoms with Crippen LogP contribution in [0.15, 0.2) is 36.5 Å². The molecule has 0 saturated carbocycles. The van der Waals surface area contributed by atoms with E-state index >= 15 is 0 Å². The van der Waals surface area contributed by atoms with Crippen LogP contribution in [0.1, 0.15) is 10.4 Å². The zero-order chi connectivity index (χ0) is 13.1. The Kier molecular flexibility index (Phi) is 3.18. The van der Waals surface area contributed by atoms with E-state index < -0.39 is 17.5 Å². The summed E-state index contributed by atoms with van der Waals surface area (Å²) >= 11 is 0. The van der Waals surface area contributed by atoms with E-state index in [4.69, 9.17) is 5.73 Å². The second kappa shape index (κ2) is 4.79. The van der Waals surface area contributed by atoms with Crippen molar-refractivity contribution in [2.45, 2.75) is 0 Å². The van der Waals surface area contributed by atoms with Gasteiger partial charge in [-0.15, -0.1) is 0 Å². The predicted molar refractivity (Wildman–Crippen MR) is 63.0 cm³/mol. The fourth-order valence-corrected chi connectivity index (χ4v) is 1.35. The van der Waals surface area contributed by atoms with Gasteiger partial charge in [-0.05, 0) is 24.3 Å². The van der Waals surface area contributed by atoms with Gasteiger partial charge in [0.05, 0.1) is 11.9 Å². The first-order valence-corrected chi connectivity index (χ1v) is 5.03. The molecule has 2 aromatic rings. The monoisotopic (exact) mass is 249 g/mol. The fraction of sp³-hybridized carbons (Fsp3) is 0. The van der Waals surface area contributed by atoms with E-state index in [0.29, 0.717) is 11.8 Å². The lowest BCUT2D eigenvalue weighted by molar-refractivity contribution is 0.102. The molecule has 0 aliphatic rings. The van der Waals surface area contributed by atoms with E-state index in [1.807, 2.05) is 0 Å². The van der Waals surface area contributed by atoms with E-state index in [-0.39, 0.29) is 11.4 Å². The third-order valence-corrected chi connectivity index (χ3v) is 2.15. The number of halogens is 2. The zero-order valence-corrected chi connectivity index (χ0v) is 9.15. The molecular weight excluding hydrogens is 240 g/mol. The van der Waals surface area contributed by atoms with Gasteiger partial charge >= 0.3 is 0 Å². The van der Waals surface area contributed by atoms with Crippen LogP contribution in [-0.4, -0.2) is 10.9 Å². The summed E-state index contributed by atoms with van der Waals surface area (Å²) in [4.78, 5) is 15.5. The number of carbonyl (C=O) groups excluding carboxylic acids is 1. The summed E-state index contributed by atoms with van der Waals surface area (Å²) in [5.41, 5.74) is 5.76. The number of hydrogen-bond acceptors (Lipinski definition) is 3. The highest BCUT2D eigenvalue weighted by Gasteiger charge is 2.09. The van der Waals surface area contributed by atoms with Crippen molar-refractivity contribution in [2.75, 3.05) is 11.1 Å². The first-order chi connectivity index (χ1) is 8.54. The number of nitrogens with one attached hydrogen (secondary N) is 1. The maximum atomic E-state index is 12.9. The maximum absolute atomic E-state index is 12.9. The highest BCUT2D eigenvalue weighted by atomic mass is 19.1. The van der Waals surface area contributed by atoms with Crippen molar-refractivity contribution < 1.29 is 13.6 Å². The average Bonchev–Trinajstić information content (AvgIpc) is 2.31. The molecule has 1 aromatic carbocycles. The van der Waals surface area contributed by atoms with Crippen molar-refractivity contribution >= 4 is 17.4 Å². The molecule has 18 heavy (non-hydrogen) atoms. The van der Waals surface area contributed by atoms with Crippen LogP contribution in [0, 0.1) is 11.6 Å². The van der Waals surface area contributed by atoms with E-state index in [1.54, 1.807) is 6.07 Å². The SMILES string of the molecule is Nc1ccc(NC(=O)c2cc(F)cc(F)c2)nc1. The van der Waals surface area contributed by atoms with Crippen LogP contribution in [-0.2, 0) is 0 Å². The Labute approximate surface area is 101 Å². The van der Waals surface area contributed by atoms with Crippen molar-refractivity contribution in [3.05, 3.63) is 53.7 Å². The van der Waals surface area contributed by atoms with Gasteiger partial charge in [0.2, 0.25) is 0 Å². The van der Waals surface area contributed by atoms with Crippen molar-refractivity contribution in [3.63, 3.8) is 0 Å². The summed E-state index contributed by atoms with van der Waals surface area (Å²) in [5.74, 6) is -2.03. The molecule has 0 aliphatic heterocycles. The average molecular weight is 249 g/mol. The number of carbonyl (C=O) groups is 1. The standard InChI is InChI=1S/C12H9F2N3O/c13-8-3-7(4-9(14)5-8)12(18)17-11-2-1-10(15)6-16-11/h1-6H,15H2,(H,16,17,18). The number of rotatable bonds is 2. The lowest BCUT2D eigenvalue weighted by Gasteiger charge is -2.05. The van der Waals surface area contributed by atoms with Gasteiger partial charge < -0.3 is 11.1 Å². The lowest BCUT2D eigenvalue weighted by Crippen LogP contribution is -2.13. The first kappa shape index (κ1) is 12.0. The van der Waals surface area contributed by atoms with Crippen LogP contribution in [0.2, 0.25) is 0 Å². The molecule has 2 rings (SSSR count). The molecule has 0 spiro atoms. The molecular formula is C12H9F2N3O. The lowest BCUT2D eigenvalue weighted by atomic mass is 10.2. The Morgan fingerprint density at radius 2 is 1.83 bits per heavy atom. The summed E-state index contributed by atoms with van der Waals surface area (Å²) in [6, 6.07) is 5.61. The summed E-state index contributed by atoms with van der Waals surface area (Å²) in [7, 11) is 0. The van der Waals surface area contributed by atoms with Crippen LogP contribution in [0.25, 0.3) is 0 Å². The van der Waals surface area contributed by atoms with Gasteiger partial charge in [0.1, 0.15) is 17.5 Å². The number of amides is 1. The predicted octanol–water partition coefficient (Wildman–Crippen LogP) is 2.19. The smallest absolute Gasteiger partial charge is 0.257 e. The molecule has 4 nitrogen and oxygen atoms in total. The van der Waals surface area contributed by atoms with Gasteiger partial charge in [0.25, 0.3) is 5.91 Å². The Morgan fingerprint density at radius 1 is 1.17 bits per heavy atom. The normalized spacial score (nSPS) is 10.1. The van der Waals surface area contributed by atoms with Crippen LogP contribution >= 0.6 is 0 Å². The van der Waals surface area contributed by atoms with Crippen molar-refractivity contribution in [3.8, 4) is 0 Å². The summed E-state index contributed by atoms with van der Waals surface area (Å²) < 4.78 is 25.9. The largest absolute Gasteiger partial charge is 0.397 e. The van der Waals surface area contributed by atoms with Gasteiger partial charge in [-0.2, -0.15) is 0 Å². The van der Waals surface area contributed by atoms with Crippen LogP contribution in [0.5, 0.6) is 0 Å². The summed E-state index contributed by atoms with van der Waals surface area (Å²) in [6.07, 6.45) is 1.36. The first-order valence-electron chi connectivity index (χ1n) is 5.03. The van der Waals surface area contributed by atoms with E-state index in [9.17, 15) is 13.6 Å². The van der Waals surface area contributed by atoms with Gasteiger partial charge in [-0.3, -0.25) is 4.79 Å². The Morgan fingerprint density at radius 3 is 2.39 bits per heavy atom. The van der Waals surface area contributed by atoms with Crippen molar-refractivity contribution in [2.24, 2.45) is 0 Å². The number of pyridine rings is 1. The zero-order valence-electron chi connectivity index (χ0n) is 9.15. The number of nitrogens with zero attached hydrogens (tertiary/aromatic N) is 1. The minimum absolute atomic E-state index is 0.119. The molecule has 0 atom stereocenters. The highest BCUT2D eigenvalue weighted by molar-refractivity contribution is 6.03. The second-order valence-corrected chi connectivity index (χ2v) is 3.59. The van der Waals surface area contributed by atoms with Gasteiger partial charge in [-0.1, -0.05) is 0 Å². The molecule has 92 valence electrons.